The van der Waals surface area contributed by atoms with Crippen LogP contribution < -0.4 is 10.6 Å². The summed E-state index contributed by atoms with van der Waals surface area (Å²) in [5, 5.41) is 10.0. The highest BCUT2D eigenvalue weighted by molar-refractivity contribution is 9.10. The Hall–Kier alpha value is -2.36. The number of carbonyl (C=O) groups is 1. The van der Waals surface area contributed by atoms with Gasteiger partial charge < -0.3 is 5.73 Å². The lowest BCUT2D eigenvalue weighted by Crippen LogP contribution is -2.38. The van der Waals surface area contributed by atoms with Gasteiger partial charge in [-0.05, 0) is 56.5 Å². The van der Waals surface area contributed by atoms with Crippen LogP contribution in [0.25, 0.3) is 0 Å². The first-order valence-electron chi connectivity index (χ1n) is 9.21. The van der Waals surface area contributed by atoms with E-state index in [0.29, 0.717) is 17.8 Å². The number of benzene rings is 1. The Kier molecular flexibility index (Phi) is 4.90. The molecule has 1 aliphatic carbocycles. The van der Waals surface area contributed by atoms with Gasteiger partial charge in [0.1, 0.15) is 5.82 Å². The molecule has 28 heavy (non-hydrogen) atoms. The van der Waals surface area contributed by atoms with Gasteiger partial charge in [0.25, 0.3) is 0 Å². The number of halogens is 1. The van der Waals surface area contributed by atoms with E-state index in [-0.39, 0.29) is 11.7 Å². The Labute approximate surface area is 177 Å². The van der Waals surface area contributed by atoms with E-state index < -0.39 is 0 Å². The summed E-state index contributed by atoms with van der Waals surface area (Å²) in [6.45, 7) is 4.10. The fraction of sp³-hybridized carbons (Fsp3) is 0.273. The van der Waals surface area contributed by atoms with Gasteiger partial charge in [-0.15, -0.1) is 11.3 Å². The molecule has 142 valence electrons. The molecular weight excluding hydrogens is 434 g/mol. The molecule has 1 unspecified atom stereocenters. The topological polar surface area (TPSA) is 70.1 Å². The minimum Gasteiger partial charge on any atom is -0.384 e. The van der Waals surface area contributed by atoms with Crippen LogP contribution in [0.3, 0.4) is 0 Å². The third kappa shape index (κ3) is 2.99. The second kappa shape index (κ2) is 7.23. The van der Waals surface area contributed by atoms with Crippen LogP contribution in [0, 0.1) is 25.2 Å². The molecule has 6 heteroatoms. The fourth-order valence-corrected chi connectivity index (χ4v) is 5.60. The zero-order valence-electron chi connectivity index (χ0n) is 15.8. The molecule has 1 aromatic carbocycles. The third-order valence-corrected chi connectivity index (χ3v) is 6.85. The maximum atomic E-state index is 13.1. The molecule has 0 saturated heterocycles. The Morgan fingerprint density at radius 1 is 1.29 bits per heavy atom. The van der Waals surface area contributed by atoms with Crippen LogP contribution in [0.1, 0.15) is 40.5 Å². The second-order valence-electron chi connectivity index (χ2n) is 7.16. The molecule has 4 nitrogen and oxygen atoms in total. The average Bonchev–Trinajstić information content (AvgIpc) is 2.98. The summed E-state index contributed by atoms with van der Waals surface area (Å²) in [4.78, 5) is 17.3. The van der Waals surface area contributed by atoms with Crippen molar-refractivity contribution in [1.29, 1.82) is 5.26 Å². The monoisotopic (exact) mass is 453 g/mol. The number of hydrogen-bond donors (Lipinski definition) is 1. The SMILES string of the molecule is Cc1cc(C2C(C#N)=C(N)N(c3cccc(Br)c3)C3=C2C(=O)CCC3)c(C)s1. The van der Waals surface area contributed by atoms with Crippen LogP contribution in [0.4, 0.5) is 5.69 Å². The summed E-state index contributed by atoms with van der Waals surface area (Å²) in [6.07, 6.45) is 2.08. The summed E-state index contributed by atoms with van der Waals surface area (Å²) < 4.78 is 0.923. The number of allylic oxidation sites excluding steroid dienone is 3. The summed E-state index contributed by atoms with van der Waals surface area (Å²) >= 11 is 5.20. The van der Waals surface area contributed by atoms with Crippen molar-refractivity contribution in [2.24, 2.45) is 5.73 Å². The third-order valence-electron chi connectivity index (χ3n) is 5.37. The Bertz CT molecular complexity index is 1090. The van der Waals surface area contributed by atoms with E-state index in [0.717, 1.165) is 44.7 Å². The number of thiophene rings is 1. The minimum atomic E-state index is -0.374. The van der Waals surface area contributed by atoms with E-state index in [9.17, 15) is 10.1 Å². The van der Waals surface area contributed by atoms with Gasteiger partial charge in [-0.1, -0.05) is 22.0 Å². The van der Waals surface area contributed by atoms with Crippen molar-refractivity contribution in [2.75, 3.05) is 4.90 Å². The molecule has 0 bridgehead atoms. The van der Waals surface area contributed by atoms with E-state index in [1.165, 1.54) is 4.88 Å². The molecule has 0 spiro atoms. The number of Topliss-reactive ketones (excluding diaryl/α,β-unsaturated/α-hetero) is 1. The lowest BCUT2D eigenvalue weighted by atomic mass is 9.75. The first kappa shape index (κ1) is 19.0. The zero-order chi connectivity index (χ0) is 20.0. The Morgan fingerprint density at radius 2 is 2.07 bits per heavy atom. The fourth-order valence-electron chi connectivity index (χ4n) is 4.24. The lowest BCUT2D eigenvalue weighted by molar-refractivity contribution is -0.116. The van der Waals surface area contributed by atoms with E-state index >= 15 is 0 Å². The number of nitriles is 1. The van der Waals surface area contributed by atoms with Crippen molar-refractivity contribution in [2.45, 2.75) is 39.0 Å². The second-order valence-corrected chi connectivity index (χ2v) is 9.54. The highest BCUT2D eigenvalue weighted by Gasteiger charge is 2.41. The summed E-state index contributed by atoms with van der Waals surface area (Å²) in [5.41, 5.74) is 10.6. The first-order chi connectivity index (χ1) is 13.4. The van der Waals surface area contributed by atoms with Gasteiger partial charge in [0.15, 0.2) is 5.78 Å². The lowest BCUT2D eigenvalue weighted by Gasteiger charge is -2.39. The van der Waals surface area contributed by atoms with Crippen LogP contribution in [0.15, 0.2) is 57.5 Å². The van der Waals surface area contributed by atoms with E-state index in [4.69, 9.17) is 5.73 Å². The number of nitrogens with zero attached hydrogens (tertiary/aromatic N) is 2. The highest BCUT2D eigenvalue weighted by atomic mass is 79.9. The predicted octanol–water partition coefficient (Wildman–Crippen LogP) is 5.43. The molecule has 0 amide bonds. The number of nitrogens with two attached hydrogens (primary N) is 1. The van der Waals surface area contributed by atoms with Crippen LogP contribution in [0.2, 0.25) is 0 Å². The molecule has 4 rings (SSSR count). The average molecular weight is 454 g/mol. The molecule has 2 N–H and O–H groups in total. The molecule has 1 aliphatic heterocycles. The zero-order valence-corrected chi connectivity index (χ0v) is 18.2. The quantitative estimate of drug-likeness (QED) is 0.657. The number of rotatable bonds is 2. The largest absolute Gasteiger partial charge is 0.384 e. The maximum Gasteiger partial charge on any atom is 0.161 e. The minimum absolute atomic E-state index is 0.120. The van der Waals surface area contributed by atoms with Crippen molar-refractivity contribution in [3.8, 4) is 6.07 Å². The van der Waals surface area contributed by atoms with Crippen LogP contribution in [-0.4, -0.2) is 5.78 Å². The smallest absolute Gasteiger partial charge is 0.161 e. The Balaban J connectivity index is 2.00. The highest BCUT2D eigenvalue weighted by Crippen LogP contribution is 2.48. The number of carbonyl (C=O) groups excluding carboxylic acids is 1. The normalized spacial score (nSPS) is 19.7. The Morgan fingerprint density at radius 3 is 2.71 bits per heavy atom. The maximum absolute atomic E-state index is 13.1. The summed E-state index contributed by atoms with van der Waals surface area (Å²) in [6, 6.07) is 12.2. The van der Waals surface area contributed by atoms with Gasteiger partial charge in [-0.25, -0.2) is 0 Å². The molecule has 1 aromatic heterocycles. The molecule has 2 heterocycles. The molecule has 2 aromatic rings. The standard InChI is InChI=1S/C22H20BrN3OS/c1-12-9-16(13(2)28-12)20-17(11-24)22(25)26(15-6-3-5-14(23)10-15)18-7-4-8-19(27)21(18)20/h3,5-6,9-10,20H,4,7-8,25H2,1-2H3. The van der Waals surface area contributed by atoms with Crippen molar-refractivity contribution in [3.05, 3.63) is 72.8 Å². The molecule has 0 saturated carbocycles. The number of aryl methyl sites for hydroxylation is 2. The van der Waals surface area contributed by atoms with Gasteiger partial charge >= 0.3 is 0 Å². The van der Waals surface area contributed by atoms with Crippen molar-refractivity contribution in [3.63, 3.8) is 0 Å². The van der Waals surface area contributed by atoms with Gasteiger partial charge in [0, 0.05) is 37.6 Å². The summed E-state index contributed by atoms with van der Waals surface area (Å²) in [5.74, 6) is 0.165. The van der Waals surface area contributed by atoms with E-state index in [1.54, 1.807) is 11.3 Å². The molecular formula is C22H20BrN3OS. The van der Waals surface area contributed by atoms with Crippen LogP contribution >= 0.6 is 27.3 Å². The first-order valence-corrected chi connectivity index (χ1v) is 10.8. The van der Waals surface area contributed by atoms with Crippen LogP contribution in [0.5, 0.6) is 0 Å². The van der Waals surface area contributed by atoms with Crippen LogP contribution in [-0.2, 0) is 4.79 Å². The molecule has 1 atom stereocenters. The van der Waals surface area contributed by atoms with Gasteiger partial charge in [0.05, 0.1) is 17.6 Å². The summed E-state index contributed by atoms with van der Waals surface area (Å²) in [7, 11) is 0. The predicted molar refractivity (Wildman–Crippen MR) is 116 cm³/mol. The molecule has 0 radical (unpaired) electrons. The van der Waals surface area contributed by atoms with Crippen molar-refractivity contribution < 1.29 is 4.79 Å². The van der Waals surface area contributed by atoms with Crippen molar-refractivity contribution in [1.82, 2.24) is 0 Å². The van der Waals surface area contributed by atoms with Gasteiger partial charge in [-0.2, -0.15) is 5.26 Å². The molecule has 2 aliphatic rings. The van der Waals surface area contributed by atoms with Crippen molar-refractivity contribution >= 4 is 38.7 Å². The number of hydrogen-bond acceptors (Lipinski definition) is 5. The molecule has 0 fully saturated rings. The number of anilines is 1. The van der Waals surface area contributed by atoms with Gasteiger partial charge in [-0.3, -0.25) is 9.69 Å². The van der Waals surface area contributed by atoms with E-state index in [1.807, 2.05) is 36.1 Å². The van der Waals surface area contributed by atoms with E-state index in [2.05, 4.69) is 35.0 Å². The number of ketones is 1. The van der Waals surface area contributed by atoms with Gasteiger partial charge in [0.2, 0.25) is 0 Å².